The summed E-state index contributed by atoms with van der Waals surface area (Å²) in [5, 5.41) is 12.0. The smallest absolute Gasteiger partial charge is 0.237 e. The normalized spacial score (nSPS) is 15.7. The van der Waals surface area contributed by atoms with E-state index in [1.165, 1.54) is 11.8 Å². The van der Waals surface area contributed by atoms with Gasteiger partial charge >= 0.3 is 0 Å². The van der Waals surface area contributed by atoms with Crippen molar-refractivity contribution in [2.24, 2.45) is 0 Å². The molecule has 1 aliphatic carbocycles. The van der Waals surface area contributed by atoms with Gasteiger partial charge in [0.2, 0.25) is 5.91 Å². The van der Waals surface area contributed by atoms with E-state index in [2.05, 4.69) is 15.5 Å². The van der Waals surface area contributed by atoms with E-state index in [9.17, 15) is 4.79 Å². The molecule has 1 aromatic heterocycles. The Morgan fingerprint density at radius 2 is 2.33 bits per heavy atom. The Bertz CT molecular complexity index is 656. The average molecular weight is 323 g/mol. The Balaban J connectivity index is 1.63. The molecule has 3 rings (SSSR count). The SMILES string of the molecule is C[C@H](Sc1nncn1C1CC1)C(=O)Nc1cccc(Cl)c1. The van der Waals surface area contributed by atoms with Gasteiger partial charge in [-0.15, -0.1) is 10.2 Å². The van der Waals surface area contributed by atoms with Gasteiger partial charge in [0.25, 0.3) is 0 Å². The van der Waals surface area contributed by atoms with Crippen molar-refractivity contribution in [1.29, 1.82) is 0 Å². The van der Waals surface area contributed by atoms with Crippen LogP contribution in [0.15, 0.2) is 35.7 Å². The minimum absolute atomic E-state index is 0.0763. The summed E-state index contributed by atoms with van der Waals surface area (Å²) in [4.78, 5) is 12.2. The van der Waals surface area contributed by atoms with Crippen LogP contribution in [0.2, 0.25) is 5.02 Å². The molecule has 7 heteroatoms. The molecule has 2 aromatic rings. The molecule has 1 amide bonds. The van der Waals surface area contributed by atoms with Gasteiger partial charge in [0.15, 0.2) is 5.16 Å². The first kappa shape index (κ1) is 14.4. The molecule has 110 valence electrons. The van der Waals surface area contributed by atoms with E-state index in [-0.39, 0.29) is 11.2 Å². The Hall–Kier alpha value is -1.53. The van der Waals surface area contributed by atoms with Crippen molar-refractivity contribution in [3.05, 3.63) is 35.6 Å². The first-order valence-electron chi connectivity index (χ1n) is 6.76. The third-order valence-electron chi connectivity index (χ3n) is 3.22. The number of halogens is 1. The second-order valence-corrected chi connectivity index (χ2v) is 6.76. The monoisotopic (exact) mass is 322 g/mol. The van der Waals surface area contributed by atoms with Crippen LogP contribution >= 0.6 is 23.4 Å². The highest BCUT2D eigenvalue weighted by atomic mass is 35.5. The maximum Gasteiger partial charge on any atom is 0.237 e. The van der Waals surface area contributed by atoms with E-state index < -0.39 is 0 Å². The predicted octanol–water partition coefficient (Wildman–Crippen LogP) is 3.39. The van der Waals surface area contributed by atoms with Crippen LogP contribution in [0, 0.1) is 0 Å². The molecular weight excluding hydrogens is 308 g/mol. The second kappa shape index (κ2) is 6.07. The lowest BCUT2D eigenvalue weighted by atomic mass is 10.3. The summed E-state index contributed by atoms with van der Waals surface area (Å²) in [6.07, 6.45) is 4.06. The lowest BCUT2D eigenvalue weighted by Gasteiger charge is -2.12. The van der Waals surface area contributed by atoms with Crippen molar-refractivity contribution in [3.63, 3.8) is 0 Å². The van der Waals surface area contributed by atoms with Crippen LogP contribution < -0.4 is 5.32 Å². The van der Waals surface area contributed by atoms with Gasteiger partial charge in [-0.1, -0.05) is 29.4 Å². The number of rotatable bonds is 5. The van der Waals surface area contributed by atoms with E-state index in [1.54, 1.807) is 24.5 Å². The summed E-state index contributed by atoms with van der Waals surface area (Å²) < 4.78 is 2.05. The van der Waals surface area contributed by atoms with Crippen molar-refractivity contribution in [1.82, 2.24) is 14.8 Å². The topological polar surface area (TPSA) is 59.8 Å². The van der Waals surface area contributed by atoms with Crippen LogP contribution in [0.1, 0.15) is 25.8 Å². The molecule has 0 aliphatic heterocycles. The van der Waals surface area contributed by atoms with E-state index in [0.29, 0.717) is 16.8 Å². The highest BCUT2D eigenvalue weighted by Crippen LogP contribution is 2.38. The molecule has 0 saturated heterocycles. The fraction of sp³-hybridized carbons (Fsp3) is 0.357. The number of aromatic nitrogens is 3. The zero-order valence-corrected chi connectivity index (χ0v) is 13.1. The molecule has 1 N–H and O–H groups in total. The fourth-order valence-corrected chi connectivity index (χ4v) is 3.03. The molecule has 0 spiro atoms. The van der Waals surface area contributed by atoms with Gasteiger partial charge < -0.3 is 9.88 Å². The molecule has 1 saturated carbocycles. The van der Waals surface area contributed by atoms with Gasteiger partial charge in [0, 0.05) is 16.8 Å². The van der Waals surface area contributed by atoms with Crippen molar-refractivity contribution in [2.45, 2.75) is 36.2 Å². The number of benzene rings is 1. The Morgan fingerprint density at radius 3 is 3.05 bits per heavy atom. The minimum Gasteiger partial charge on any atom is -0.325 e. The lowest BCUT2D eigenvalue weighted by molar-refractivity contribution is -0.115. The summed E-state index contributed by atoms with van der Waals surface area (Å²) in [6, 6.07) is 7.62. The number of hydrogen-bond acceptors (Lipinski definition) is 4. The first-order valence-corrected chi connectivity index (χ1v) is 8.02. The zero-order valence-electron chi connectivity index (χ0n) is 11.5. The predicted molar refractivity (Wildman–Crippen MR) is 83.7 cm³/mol. The summed E-state index contributed by atoms with van der Waals surface area (Å²) in [5.74, 6) is -0.0763. The summed E-state index contributed by atoms with van der Waals surface area (Å²) in [6.45, 7) is 1.86. The van der Waals surface area contributed by atoms with Crippen molar-refractivity contribution >= 4 is 35.0 Å². The molecule has 1 atom stereocenters. The molecular formula is C14H15ClN4OS. The van der Waals surface area contributed by atoms with E-state index in [1.807, 2.05) is 17.6 Å². The standard InChI is InChI=1S/C14H15ClN4OS/c1-9(13(20)17-11-4-2-3-10(15)7-11)21-14-18-16-8-19(14)12-5-6-12/h2-4,7-9,12H,5-6H2,1H3,(H,17,20)/t9-/m0/s1. The van der Waals surface area contributed by atoms with E-state index in [4.69, 9.17) is 11.6 Å². The molecule has 21 heavy (non-hydrogen) atoms. The number of nitrogens with one attached hydrogen (secondary N) is 1. The lowest BCUT2D eigenvalue weighted by Crippen LogP contribution is -2.22. The van der Waals surface area contributed by atoms with Gasteiger partial charge in [-0.3, -0.25) is 4.79 Å². The highest BCUT2D eigenvalue weighted by molar-refractivity contribution is 8.00. The number of thioether (sulfide) groups is 1. The number of nitrogens with zero attached hydrogens (tertiary/aromatic N) is 3. The quantitative estimate of drug-likeness (QED) is 0.857. The third-order valence-corrected chi connectivity index (χ3v) is 4.53. The third kappa shape index (κ3) is 3.57. The van der Waals surface area contributed by atoms with Gasteiger partial charge in [-0.05, 0) is 38.0 Å². The molecule has 0 bridgehead atoms. The van der Waals surface area contributed by atoms with Crippen LogP contribution in [-0.2, 0) is 4.79 Å². The molecule has 0 radical (unpaired) electrons. The maximum absolute atomic E-state index is 12.2. The van der Waals surface area contributed by atoms with Crippen molar-refractivity contribution in [3.8, 4) is 0 Å². The van der Waals surface area contributed by atoms with Gasteiger partial charge in [-0.25, -0.2) is 0 Å². The van der Waals surface area contributed by atoms with Crippen LogP contribution in [0.25, 0.3) is 0 Å². The number of carbonyl (C=O) groups is 1. The second-order valence-electron chi connectivity index (χ2n) is 5.01. The summed E-state index contributed by atoms with van der Waals surface area (Å²) >= 11 is 7.33. The van der Waals surface area contributed by atoms with Gasteiger partial charge in [0.05, 0.1) is 5.25 Å². The Labute approximate surface area is 132 Å². The van der Waals surface area contributed by atoms with Crippen LogP contribution in [0.4, 0.5) is 5.69 Å². The Kier molecular flexibility index (Phi) is 4.17. The molecule has 5 nitrogen and oxygen atoms in total. The number of hydrogen-bond donors (Lipinski definition) is 1. The van der Waals surface area contributed by atoms with Crippen LogP contribution in [-0.4, -0.2) is 25.9 Å². The van der Waals surface area contributed by atoms with Crippen LogP contribution in [0.3, 0.4) is 0 Å². The first-order chi connectivity index (χ1) is 10.1. The average Bonchev–Trinajstić information content (AvgIpc) is 3.19. The highest BCUT2D eigenvalue weighted by Gasteiger charge is 2.27. The maximum atomic E-state index is 12.2. The van der Waals surface area contributed by atoms with E-state index >= 15 is 0 Å². The van der Waals surface area contributed by atoms with E-state index in [0.717, 1.165) is 18.0 Å². The molecule has 1 fully saturated rings. The summed E-state index contributed by atoms with van der Waals surface area (Å²) in [5.41, 5.74) is 0.698. The van der Waals surface area contributed by atoms with Crippen molar-refractivity contribution < 1.29 is 4.79 Å². The van der Waals surface area contributed by atoms with Gasteiger partial charge in [0.1, 0.15) is 6.33 Å². The number of anilines is 1. The fourth-order valence-electron chi connectivity index (χ4n) is 1.94. The van der Waals surface area contributed by atoms with Crippen LogP contribution in [0.5, 0.6) is 0 Å². The molecule has 0 unspecified atom stereocenters. The molecule has 1 aliphatic rings. The Morgan fingerprint density at radius 1 is 1.52 bits per heavy atom. The molecule has 1 aromatic carbocycles. The molecule has 1 heterocycles. The number of amides is 1. The zero-order chi connectivity index (χ0) is 14.8. The van der Waals surface area contributed by atoms with Gasteiger partial charge in [-0.2, -0.15) is 0 Å². The largest absolute Gasteiger partial charge is 0.325 e. The summed E-state index contributed by atoms with van der Waals surface area (Å²) in [7, 11) is 0. The van der Waals surface area contributed by atoms with Crippen molar-refractivity contribution in [2.75, 3.05) is 5.32 Å². The minimum atomic E-state index is -0.259. The number of carbonyl (C=O) groups excluding carboxylic acids is 1.